The van der Waals surface area contributed by atoms with Crippen molar-refractivity contribution < 1.29 is 13.3 Å². The molecule has 0 saturated heterocycles. The summed E-state index contributed by atoms with van der Waals surface area (Å²) in [6.45, 7) is 16.8. The van der Waals surface area contributed by atoms with Crippen molar-refractivity contribution >= 4 is 9.17 Å². The first-order valence-electron chi connectivity index (χ1n) is 5.81. The molecule has 0 rings (SSSR count). The highest BCUT2D eigenvalue weighted by Gasteiger charge is 2.50. The summed E-state index contributed by atoms with van der Waals surface area (Å²) < 4.78 is 22.5. The molecule has 16 heavy (non-hydrogen) atoms. The van der Waals surface area contributed by atoms with Gasteiger partial charge in [0.1, 0.15) is 5.60 Å². The summed E-state index contributed by atoms with van der Waals surface area (Å²) in [6, 6.07) is 0. The van der Waals surface area contributed by atoms with E-state index in [0.29, 0.717) is 6.61 Å². The van der Waals surface area contributed by atoms with Crippen molar-refractivity contribution in [1.82, 2.24) is 0 Å². The second-order valence-electron chi connectivity index (χ2n) is 6.32. The van der Waals surface area contributed by atoms with Gasteiger partial charge in [-0.25, -0.2) is 0 Å². The summed E-state index contributed by atoms with van der Waals surface area (Å²) in [5.41, 5.74) is -0.712. The highest BCUT2D eigenvalue weighted by atomic mass is 28.3. The topological polar surface area (TPSA) is 35.5 Å². The summed E-state index contributed by atoms with van der Waals surface area (Å²) in [6.07, 6.45) is 0. The highest BCUT2D eigenvalue weighted by Crippen LogP contribution is 2.46. The van der Waals surface area contributed by atoms with E-state index in [1.165, 1.54) is 0 Å². The lowest BCUT2D eigenvalue weighted by molar-refractivity contribution is -0.118. The van der Waals surface area contributed by atoms with Crippen LogP contribution in [0.5, 0.6) is 0 Å². The van der Waals surface area contributed by atoms with Gasteiger partial charge in [-0.2, -0.15) is 0 Å². The van der Waals surface area contributed by atoms with E-state index in [1.807, 2.05) is 13.8 Å². The number of hydrogen-bond donors (Lipinski definition) is 0. The quantitative estimate of drug-likeness (QED) is 0.714. The van der Waals surface area contributed by atoms with Crippen molar-refractivity contribution in [2.24, 2.45) is 10.8 Å². The third-order valence-electron chi connectivity index (χ3n) is 3.41. The van der Waals surface area contributed by atoms with E-state index in [1.54, 1.807) is 0 Å². The highest BCUT2D eigenvalue weighted by molar-refractivity contribution is 6.26. The molecule has 0 saturated carbocycles. The van der Waals surface area contributed by atoms with Crippen LogP contribution < -0.4 is 0 Å². The van der Waals surface area contributed by atoms with E-state index < -0.39 is 14.8 Å². The fourth-order valence-electron chi connectivity index (χ4n) is 1.75. The second kappa shape index (κ2) is 4.86. The van der Waals surface area contributed by atoms with Gasteiger partial charge >= 0.3 is 9.17 Å². The van der Waals surface area contributed by atoms with E-state index in [0.717, 1.165) is 0 Å². The largest absolute Gasteiger partial charge is 0.767 e. The summed E-state index contributed by atoms with van der Waals surface area (Å²) in [5, 5.41) is 0. The average molecular weight is 246 g/mol. The minimum absolute atomic E-state index is 0.108. The van der Waals surface area contributed by atoms with Crippen LogP contribution in [-0.4, -0.2) is 21.4 Å². The molecule has 0 spiro atoms. The maximum atomic E-state index is 11.7. The summed E-state index contributed by atoms with van der Waals surface area (Å²) >= 11 is 0. The van der Waals surface area contributed by atoms with Crippen molar-refractivity contribution in [2.75, 3.05) is 6.61 Å². The predicted molar refractivity (Wildman–Crippen MR) is 66.5 cm³/mol. The van der Waals surface area contributed by atoms with Crippen molar-refractivity contribution in [2.45, 2.75) is 61.0 Å². The van der Waals surface area contributed by atoms with Crippen LogP contribution >= 0.6 is 0 Å². The summed E-state index contributed by atoms with van der Waals surface area (Å²) in [7, 11) is -2.41. The lowest BCUT2D eigenvalue weighted by Crippen LogP contribution is -2.54. The molecule has 0 aromatic rings. The van der Waals surface area contributed by atoms with Crippen LogP contribution in [0.15, 0.2) is 0 Å². The minimum atomic E-state index is -2.41. The second-order valence-corrected chi connectivity index (χ2v) is 7.31. The Hall–Kier alpha value is -0.383. The van der Waals surface area contributed by atoms with Gasteiger partial charge in [0.25, 0.3) is 0 Å². The van der Waals surface area contributed by atoms with Gasteiger partial charge in [0.15, 0.2) is 0 Å². The van der Waals surface area contributed by atoms with Crippen LogP contribution in [0.3, 0.4) is 0 Å². The predicted octanol–water partition coefficient (Wildman–Crippen LogP) is 3.31. The van der Waals surface area contributed by atoms with E-state index in [-0.39, 0.29) is 10.8 Å². The first-order valence-corrected chi connectivity index (χ1v) is 7.04. The van der Waals surface area contributed by atoms with Crippen LogP contribution in [-0.2, 0) is 13.3 Å². The lowest BCUT2D eigenvalue weighted by atomic mass is 9.64. The number of rotatable bonds is 4. The molecule has 0 amide bonds. The molecule has 0 aromatic heterocycles. The Kier molecular flexibility index (Phi) is 4.74. The molecule has 0 bridgehead atoms. The maximum Gasteiger partial charge on any atom is 0.767 e. The van der Waals surface area contributed by atoms with Crippen LogP contribution in [0.4, 0.5) is 0 Å². The summed E-state index contributed by atoms with van der Waals surface area (Å²) in [5.74, 6) is 0. The first kappa shape index (κ1) is 15.6. The monoisotopic (exact) mass is 246 g/mol. The minimum Gasteiger partial charge on any atom is -0.496 e. The van der Waals surface area contributed by atoms with Gasteiger partial charge in [-0.3, -0.25) is 4.46 Å². The van der Waals surface area contributed by atoms with Crippen molar-refractivity contribution in [3.8, 4) is 0 Å². The molecular weight excluding hydrogens is 220 g/mol. The Morgan fingerprint density at radius 2 is 1.31 bits per heavy atom. The lowest BCUT2D eigenvalue weighted by Gasteiger charge is -2.50. The van der Waals surface area contributed by atoms with Crippen molar-refractivity contribution in [1.29, 1.82) is 0 Å². The molecule has 0 radical (unpaired) electrons. The molecular formula is C12H26O3Si. The van der Waals surface area contributed by atoms with Crippen LogP contribution in [0.1, 0.15) is 55.4 Å². The Labute approximate surface area is 101 Å². The zero-order chi connectivity index (χ0) is 13.2. The molecule has 0 N–H and O–H groups in total. The van der Waals surface area contributed by atoms with Crippen LogP contribution in [0.2, 0.25) is 0 Å². The Morgan fingerprint density at radius 1 is 0.938 bits per heavy atom. The number of hydrogen-bond acceptors (Lipinski definition) is 3. The zero-order valence-electron chi connectivity index (χ0n) is 11.9. The first-order chi connectivity index (χ1) is 6.95. The molecule has 3 nitrogen and oxygen atoms in total. The molecule has 0 aliphatic carbocycles. The molecule has 0 fully saturated rings. The van der Waals surface area contributed by atoms with Crippen molar-refractivity contribution in [3.63, 3.8) is 0 Å². The molecule has 0 aliphatic rings. The van der Waals surface area contributed by atoms with Gasteiger partial charge in [0.2, 0.25) is 0 Å². The third kappa shape index (κ3) is 3.30. The van der Waals surface area contributed by atoms with Gasteiger partial charge in [-0.15, -0.1) is 0 Å². The molecule has 0 aliphatic heterocycles. The fraction of sp³-hybridized carbons (Fsp3) is 1.00. The molecule has 96 valence electrons. The maximum absolute atomic E-state index is 11.7. The van der Waals surface area contributed by atoms with E-state index in [9.17, 15) is 4.46 Å². The van der Waals surface area contributed by atoms with E-state index in [4.69, 9.17) is 8.85 Å². The van der Waals surface area contributed by atoms with Crippen LogP contribution in [0, 0.1) is 10.8 Å². The van der Waals surface area contributed by atoms with E-state index in [2.05, 4.69) is 41.5 Å². The Bertz CT molecular complexity index is 234. The van der Waals surface area contributed by atoms with Gasteiger partial charge in [-0.05, 0) is 13.8 Å². The standard InChI is InChI=1S/C12H26O3Si/c1-9-14-16(13)15-12(8,10(2,3)4)11(5,6)7/h9H2,1-8H3. The van der Waals surface area contributed by atoms with Crippen LogP contribution in [0.25, 0.3) is 0 Å². The molecule has 0 unspecified atom stereocenters. The zero-order valence-corrected chi connectivity index (χ0v) is 12.9. The summed E-state index contributed by atoms with van der Waals surface area (Å²) in [4.78, 5) is 0. The average Bonchev–Trinajstić information content (AvgIpc) is 1.99. The molecule has 0 aromatic carbocycles. The fourth-order valence-corrected chi connectivity index (χ4v) is 2.99. The molecule has 0 heterocycles. The Morgan fingerprint density at radius 3 is 1.56 bits per heavy atom. The third-order valence-corrected chi connectivity index (χ3v) is 4.51. The van der Waals surface area contributed by atoms with Gasteiger partial charge in [0, 0.05) is 10.8 Å². The van der Waals surface area contributed by atoms with Gasteiger partial charge in [0.05, 0.1) is 6.61 Å². The smallest absolute Gasteiger partial charge is 0.496 e. The van der Waals surface area contributed by atoms with Gasteiger partial charge in [-0.1, -0.05) is 41.5 Å². The SMILES string of the molecule is CCO[Si](=O)OC(C)(C(C)(C)C)C(C)(C)C. The Balaban J connectivity index is 5.06. The van der Waals surface area contributed by atoms with E-state index >= 15 is 0 Å². The van der Waals surface area contributed by atoms with Crippen molar-refractivity contribution in [3.05, 3.63) is 0 Å². The normalized spacial score (nSPS) is 13.5. The molecule has 4 heteroatoms. The van der Waals surface area contributed by atoms with Gasteiger partial charge < -0.3 is 8.85 Å². The molecule has 0 atom stereocenters.